The first-order valence-electron chi connectivity index (χ1n) is 7.14. The Hall–Kier alpha value is -1.62. The van der Waals surface area contributed by atoms with Crippen molar-refractivity contribution in [2.45, 2.75) is 38.6 Å². The summed E-state index contributed by atoms with van der Waals surface area (Å²) in [6, 6.07) is 3.20. The van der Waals surface area contributed by atoms with Gasteiger partial charge in [-0.05, 0) is 30.9 Å². The van der Waals surface area contributed by atoms with Crippen molar-refractivity contribution in [3.8, 4) is 0 Å². The molecule has 1 aromatic heterocycles. The van der Waals surface area contributed by atoms with Gasteiger partial charge in [-0.15, -0.1) is 0 Å². The number of halogens is 1. The van der Waals surface area contributed by atoms with Crippen molar-refractivity contribution in [3.63, 3.8) is 0 Å². The molecule has 6 heteroatoms. The molecule has 0 aliphatic heterocycles. The first kappa shape index (κ1) is 15.8. The van der Waals surface area contributed by atoms with Crippen LogP contribution in [0.2, 0.25) is 5.15 Å². The Morgan fingerprint density at radius 1 is 1.38 bits per heavy atom. The molecule has 1 N–H and O–H groups in total. The third-order valence-corrected chi connectivity index (χ3v) is 3.98. The van der Waals surface area contributed by atoms with Gasteiger partial charge in [0, 0.05) is 12.2 Å². The number of esters is 1. The second-order valence-corrected chi connectivity index (χ2v) is 5.77. The summed E-state index contributed by atoms with van der Waals surface area (Å²) in [6.07, 6.45) is 5.78. The quantitative estimate of drug-likeness (QED) is 0.685. The molecule has 2 atom stereocenters. The number of hydrogen-bond donors (Lipinski definition) is 1. The van der Waals surface area contributed by atoms with Crippen LogP contribution < -0.4 is 5.32 Å². The maximum Gasteiger partial charge on any atom is 0.340 e. The SMILES string of the molecule is CC1CCCCC1NC(=O)COC(=O)c1ccc(Cl)nc1. The third-order valence-electron chi connectivity index (χ3n) is 3.76. The lowest BCUT2D eigenvalue weighted by atomic mass is 9.86. The summed E-state index contributed by atoms with van der Waals surface area (Å²) in [5, 5.41) is 3.23. The first-order valence-corrected chi connectivity index (χ1v) is 7.52. The number of carbonyl (C=O) groups excluding carboxylic acids is 2. The van der Waals surface area contributed by atoms with Gasteiger partial charge < -0.3 is 10.1 Å². The lowest BCUT2D eigenvalue weighted by Gasteiger charge is -2.29. The van der Waals surface area contributed by atoms with Crippen molar-refractivity contribution in [1.82, 2.24) is 10.3 Å². The van der Waals surface area contributed by atoms with Gasteiger partial charge in [0.1, 0.15) is 5.15 Å². The standard InChI is InChI=1S/C15H19ClN2O3/c1-10-4-2-3-5-12(10)18-14(19)9-21-15(20)11-6-7-13(16)17-8-11/h6-8,10,12H,2-5,9H2,1H3,(H,18,19). The Kier molecular flexibility index (Phi) is 5.56. The summed E-state index contributed by atoms with van der Waals surface area (Å²) in [4.78, 5) is 27.3. The van der Waals surface area contributed by atoms with Gasteiger partial charge in [0.25, 0.3) is 5.91 Å². The molecule has 1 aliphatic rings. The summed E-state index contributed by atoms with van der Waals surface area (Å²) >= 11 is 5.64. The van der Waals surface area contributed by atoms with Crippen molar-refractivity contribution >= 4 is 23.5 Å². The van der Waals surface area contributed by atoms with E-state index in [1.165, 1.54) is 24.8 Å². The number of nitrogens with one attached hydrogen (secondary N) is 1. The van der Waals surface area contributed by atoms with E-state index in [9.17, 15) is 9.59 Å². The van der Waals surface area contributed by atoms with Crippen molar-refractivity contribution in [2.75, 3.05) is 6.61 Å². The summed E-state index contributed by atoms with van der Waals surface area (Å²) in [7, 11) is 0. The fourth-order valence-electron chi connectivity index (χ4n) is 2.49. The average Bonchev–Trinajstić information content (AvgIpc) is 2.48. The molecule has 1 fully saturated rings. The van der Waals surface area contributed by atoms with E-state index in [1.807, 2.05) is 0 Å². The number of nitrogens with zero attached hydrogens (tertiary/aromatic N) is 1. The number of rotatable bonds is 4. The number of carbonyl (C=O) groups is 2. The van der Waals surface area contributed by atoms with E-state index in [4.69, 9.17) is 16.3 Å². The minimum atomic E-state index is -0.578. The molecule has 0 spiro atoms. The molecule has 0 bridgehead atoms. The summed E-state index contributed by atoms with van der Waals surface area (Å²) in [5.74, 6) is -0.367. The van der Waals surface area contributed by atoms with Crippen LogP contribution in [0.5, 0.6) is 0 Å². The van der Waals surface area contributed by atoms with Gasteiger partial charge in [0.05, 0.1) is 5.56 Å². The number of pyridine rings is 1. The van der Waals surface area contributed by atoms with Gasteiger partial charge in [-0.25, -0.2) is 9.78 Å². The van der Waals surface area contributed by atoms with Gasteiger partial charge in [0.2, 0.25) is 0 Å². The third kappa shape index (κ3) is 4.70. The summed E-state index contributed by atoms with van der Waals surface area (Å²) < 4.78 is 4.97. The molecule has 5 nitrogen and oxygen atoms in total. The predicted molar refractivity (Wildman–Crippen MR) is 79.1 cm³/mol. The molecule has 114 valence electrons. The van der Waals surface area contributed by atoms with Crippen LogP contribution >= 0.6 is 11.6 Å². The number of aromatic nitrogens is 1. The van der Waals surface area contributed by atoms with E-state index in [1.54, 1.807) is 0 Å². The van der Waals surface area contributed by atoms with E-state index in [0.29, 0.717) is 11.1 Å². The summed E-state index contributed by atoms with van der Waals surface area (Å²) in [6.45, 7) is 1.86. The van der Waals surface area contributed by atoms with Crippen LogP contribution in [0.4, 0.5) is 0 Å². The Balaban J connectivity index is 1.78. The van der Waals surface area contributed by atoms with Crippen LogP contribution in [0.1, 0.15) is 43.0 Å². The van der Waals surface area contributed by atoms with Crippen molar-refractivity contribution in [3.05, 3.63) is 29.0 Å². The first-order chi connectivity index (χ1) is 10.1. The van der Waals surface area contributed by atoms with Crippen molar-refractivity contribution in [2.24, 2.45) is 5.92 Å². The van der Waals surface area contributed by atoms with E-state index in [0.717, 1.165) is 19.3 Å². The predicted octanol–water partition coefficient (Wildman–Crippen LogP) is 2.59. The second kappa shape index (κ2) is 7.41. The lowest BCUT2D eigenvalue weighted by Crippen LogP contribution is -2.42. The Morgan fingerprint density at radius 2 is 2.14 bits per heavy atom. The zero-order valence-corrected chi connectivity index (χ0v) is 12.7. The largest absolute Gasteiger partial charge is 0.452 e. The molecular formula is C15H19ClN2O3. The van der Waals surface area contributed by atoms with E-state index in [-0.39, 0.29) is 24.1 Å². The minimum Gasteiger partial charge on any atom is -0.452 e. The highest BCUT2D eigenvalue weighted by Gasteiger charge is 2.23. The summed E-state index contributed by atoms with van der Waals surface area (Å²) in [5.41, 5.74) is 0.276. The molecule has 21 heavy (non-hydrogen) atoms. The molecule has 0 saturated heterocycles. The zero-order chi connectivity index (χ0) is 15.2. The van der Waals surface area contributed by atoms with Crippen LogP contribution in [0.25, 0.3) is 0 Å². The van der Waals surface area contributed by atoms with Gasteiger partial charge in [-0.2, -0.15) is 0 Å². The van der Waals surface area contributed by atoms with Crippen molar-refractivity contribution in [1.29, 1.82) is 0 Å². The molecule has 1 heterocycles. The van der Waals surface area contributed by atoms with Crippen LogP contribution in [0.15, 0.2) is 18.3 Å². The molecule has 1 saturated carbocycles. The monoisotopic (exact) mass is 310 g/mol. The molecule has 0 radical (unpaired) electrons. The molecule has 2 unspecified atom stereocenters. The van der Waals surface area contributed by atoms with Gasteiger partial charge in [0.15, 0.2) is 6.61 Å². The molecular weight excluding hydrogens is 292 g/mol. The minimum absolute atomic E-state index is 0.183. The molecule has 2 rings (SSSR count). The fourth-order valence-corrected chi connectivity index (χ4v) is 2.60. The Morgan fingerprint density at radius 3 is 2.81 bits per heavy atom. The van der Waals surface area contributed by atoms with Crippen LogP contribution in [-0.4, -0.2) is 29.5 Å². The van der Waals surface area contributed by atoms with Crippen molar-refractivity contribution < 1.29 is 14.3 Å². The number of hydrogen-bond acceptors (Lipinski definition) is 4. The second-order valence-electron chi connectivity index (χ2n) is 5.38. The smallest absolute Gasteiger partial charge is 0.340 e. The molecule has 1 aliphatic carbocycles. The number of amides is 1. The van der Waals surface area contributed by atoms with E-state index in [2.05, 4.69) is 17.2 Å². The maximum absolute atomic E-state index is 11.8. The van der Waals surface area contributed by atoms with Crippen LogP contribution in [0, 0.1) is 5.92 Å². The van der Waals surface area contributed by atoms with Gasteiger partial charge in [-0.3, -0.25) is 4.79 Å². The topological polar surface area (TPSA) is 68.3 Å². The van der Waals surface area contributed by atoms with Crippen LogP contribution in [0.3, 0.4) is 0 Å². The van der Waals surface area contributed by atoms with Gasteiger partial charge >= 0.3 is 5.97 Å². The Bertz CT molecular complexity index is 504. The normalized spacial score (nSPS) is 21.6. The maximum atomic E-state index is 11.8. The molecule has 1 amide bonds. The molecule has 0 aromatic carbocycles. The van der Waals surface area contributed by atoms with E-state index >= 15 is 0 Å². The highest BCUT2D eigenvalue weighted by atomic mass is 35.5. The average molecular weight is 311 g/mol. The van der Waals surface area contributed by atoms with Crippen LogP contribution in [-0.2, 0) is 9.53 Å². The highest BCUT2D eigenvalue weighted by molar-refractivity contribution is 6.29. The highest BCUT2D eigenvalue weighted by Crippen LogP contribution is 2.23. The van der Waals surface area contributed by atoms with E-state index < -0.39 is 5.97 Å². The fraction of sp³-hybridized carbons (Fsp3) is 0.533. The Labute approximate surface area is 129 Å². The molecule has 1 aromatic rings. The lowest BCUT2D eigenvalue weighted by molar-refractivity contribution is -0.125. The zero-order valence-electron chi connectivity index (χ0n) is 12.0. The number of ether oxygens (including phenoxy) is 1. The van der Waals surface area contributed by atoms with Gasteiger partial charge in [-0.1, -0.05) is 31.4 Å².